The zero-order chi connectivity index (χ0) is 22.3. The Kier molecular flexibility index (Phi) is 8.89. The van der Waals surface area contributed by atoms with E-state index in [9.17, 15) is 22.7 Å². The van der Waals surface area contributed by atoms with Gasteiger partial charge in [-0.05, 0) is 0 Å². The second-order valence-electron chi connectivity index (χ2n) is 7.08. The molecule has 1 heterocycles. The molecule has 11 nitrogen and oxygen atoms in total. The predicted molar refractivity (Wildman–Crippen MR) is 102 cm³/mol. The molecule has 0 aliphatic carbocycles. The fourth-order valence-corrected chi connectivity index (χ4v) is 3.06. The molecular weight excluding hydrogens is 423 g/mol. The molecule has 0 aromatic carbocycles. The number of quaternary nitrogens is 1. The van der Waals surface area contributed by atoms with E-state index in [1.807, 2.05) is 21.1 Å². The van der Waals surface area contributed by atoms with Crippen LogP contribution in [0.5, 0.6) is 0 Å². The summed E-state index contributed by atoms with van der Waals surface area (Å²) in [6, 6.07) is 0. The number of amides is 1. The fourth-order valence-electron chi connectivity index (χ4n) is 1.89. The van der Waals surface area contributed by atoms with Crippen molar-refractivity contribution in [3.8, 4) is 12.3 Å². The standard InChI is InChI=1S/C16H25N4O7PS/c1-6-7-19(8-10-26-28(22,23)27-11-9-20(2,3)4)15(21)14-12-17-16(18-13-14)29(5,24)25/h1,12-13H,7-11H2,2-5H3. The Morgan fingerprint density at radius 3 is 2.31 bits per heavy atom. The summed E-state index contributed by atoms with van der Waals surface area (Å²) >= 11 is 0. The van der Waals surface area contributed by atoms with E-state index in [1.54, 1.807) is 0 Å². The zero-order valence-corrected chi connectivity index (χ0v) is 18.5. The maximum absolute atomic E-state index is 12.5. The van der Waals surface area contributed by atoms with Crippen molar-refractivity contribution < 1.29 is 36.2 Å². The molecule has 0 fully saturated rings. The molecule has 13 heteroatoms. The minimum atomic E-state index is -4.52. The van der Waals surface area contributed by atoms with E-state index in [1.165, 1.54) is 0 Å². The van der Waals surface area contributed by atoms with Crippen LogP contribution < -0.4 is 4.89 Å². The molecule has 1 unspecified atom stereocenters. The van der Waals surface area contributed by atoms with Gasteiger partial charge in [-0.3, -0.25) is 9.36 Å². The summed E-state index contributed by atoms with van der Waals surface area (Å²) in [5.74, 6) is 1.69. The van der Waals surface area contributed by atoms with Crippen LogP contribution in [0.25, 0.3) is 0 Å². The summed E-state index contributed by atoms with van der Waals surface area (Å²) in [7, 11) is -2.47. The Hall–Kier alpha value is -1.87. The highest BCUT2D eigenvalue weighted by Gasteiger charge is 2.19. The third-order valence-electron chi connectivity index (χ3n) is 3.40. The van der Waals surface area contributed by atoms with Crippen LogP contribution in [0.1, 0.15) is 10.4 Å². The molecule has 0 saturated carbocycles. The second-order valence-corrected chi connectivity index (χ2v) is 10.4. The van der Waals surface area contributed by atoms with Crippen molar-refractivity contribution >= 4 is 23.6 Å². The lowest BCUT2D eigenvalue weighted by molar-refractivity contribution is -0.870. The van der Waals surface area contributed by atoms with Gasteiger partial charge in [0.05, 0.1) is 39.9 Å². The lowest BCUT2D eigenvalue weighted by Gasteiger charge is -2.28. The van der Waals surface area contributed by atoms with Gasteiger partial charge in [-0.25, -0.2) is 18.4 Å². The third kappa shape index (κ3) is 9.45. The van der Waals surface area contributed by atoms with Crippen LogP contribution in [-0.4, -0.2) is 93.9 Å². The van der Waals surface area contributed by atoms with Crippen molar-refractivity contribution in [1.29, 1.82) is 0 Å². The van der Waals surface area contributed by atoms with Crippen LogP contribution in [-0.2, 0) is 23.4 Å². The van der Waals surface area contributed by atoms with Gasteiger partial charge in [0.1, 0.15) is 13.2 Å². The SMILES string of the molecule is C#CCN(CCOP(=O)([O-])OCC[N+](C)(C)C)C(=O)c1cnc(S(C)(=O)=O)nc1. The number of sulfone groups is 1. The summed E-state index contributed by atoms with van der Waals surface area (Å²) in [5.41, 5.74) is -0.00264. The maximum atomic E-state index is 12.5. The molecule has 0 aliphatic rings. The van der Waals surface area contributed by atoms with Gasteiger partial charge in [0, 0.05) is 25.2 Å². The molecule has 0 radical (unpaired) electrons. The van der Waals surface area contributed by atoms with Gasteiger partial charge in [-0.2, -0.15) is 0 Å². The van der Waals surface area contributed by atoms with Crippen LogP contribution in [0.15, 0.2) is 17.6 Å². The molecule has 0 N–H and O–H groups in total. The van der Waals surface area contributed by atoms with E-state index in [-0.39, 0.29) is 31.9 Å². The number of hydrogen-bond donors (Lipinski definition) is 0. The number of phosphoric ester groups is 1. The lowest BCUT2D eigenvalue weighted by atomic mass is 10.3. The number of nitrogens with zero attached hydrogens (tertiary/aromatic N) is 4. The minimum absolute atomic E-state index is 0.00264. The van der Waals surface area contributed by atoms with Gasteiger partial charge >= 0.3 is 0 Å². The molecule has 0 aliphatic heterocycles. The number of carbonyl (C=O) groups excluding carboxylic acids is 1. The molecule has 1 rings (SSSR count). The van der Waals surface area contributed by atoms with E-state index in [0.29, 0.717) is 11.0 Å². The monoisotopic (exact) mass is 448 g/mol. The number of carbonyl (C=O) groups is 1. The first-order valence-electron chi connectivity index (χ1n) is 8.40. The number of phosphoric acid groups is 1. The van der Waals surface area contributed by atoms with Crippen molar-refractivity contribution in [2.75, 3.05) is 60.2 Å². The van der Waals surface area contributed by atoms with Gasteiger partial charge in [0.15, 0.2) is 0 Å². The van der Waals surface area contributed by atoms with Crippen LogP contribution in [0.3, 0.4) is 0 Å². The van der Waals surface area contributed by atoms with E-state index in [0.717, 1.165) is 23.5 Å². The summed E-state index contributed by atoms with van der Waals surface area (Å²) in [6.45, 7) is -0.202. The average molecular weight is 448 g/mol. The number of likely N-dealkylation sites (N-methyl/N-ethyl adjacent to an activating group) is 1. The zero-order valence-electron chi connectivity index (χ0n) is 16.8. The Labute approximate surface area is 170 Å². The van der Waals surface area contributed by atoms with Crippen molar-refractivity contribution in [3.63, 3.8) is 0 Å². The van der Waals surface area contributed by atoms with E-state index in [4.69, 9.17) is 15.5 Å². The van der Waals surface area contributed by atoms with Gasteiger partial charge in [-0.15, -0.1) is 6.42 Å². The number of hydrogen-bond acceptors (Lipinski definition) is 9. The highest BCUT2D eigenvalue weighted by Crippen LogP contribution is 2.37. The van der Waals surface area contributed by atoms with Crippen molar-refractivity contribution in [2.45, 2.75) is 5.16 Å². The fraction of sp³-hybridized carbons (Fsp3) is 0.562. The molecule has 29 heavy (non-hydrogen) atoms. The van der Waals surface area contributed by atoms with Crippen molar-refractivity contribution in [1.82, 2.24) is 14.9 Å². The largest absolute Gasteiger partial charge is 0.756 e. The molecule has 0 spiro atoms. The summed E-state index contributed by atoms with van der Waals surface area (Å²) < 4.78 is 44.6. The Bertz CT molecular complexity index is 891. The molecule has 1 amide bonds. The number of aromatic nitrogens is 2. The number of terminal acetylenes is 1. The molecule has 0 bridgehead atoms. The first-order valence-corrected chi connectivity index (χ1v) is 11.8. The van der Waals surface area contributed by atoms with E-state index < -0.39 is 28.7 Å². The first kappa shape index (κ1) is 25.2. The average Bonchev–Trinajstić information content (AvgIpc) is 2.58. The highest BCUT2D eigenvalue weighted by molar-refractivity contribution is 7.90. The second kappa shape index (κ2) is 10.2. The molecule has 162 valence electrons. The lowest BCUT2D eigenvalue weighted by Crippen LogP contribution is -2.37. The normalized spacial score (nSPS) is 14.1. The maximum Gasteiger partial charge on any atom is 0.268 e. The Morgan fingerprint density at radius 1 is 1.28 bits per heavy atom. The van der Waals surface area contributed by atoms with Gasteiger partial charge < -0.3 is 23.3 Å². The quantitative estimate of drug-likeness (QED) is 0.184. The first-order chi connectivity index (χ1) is 13.2. The molecular formula is C16H25N4O7PS. The van der Waals surface area contributed by atoms with Crippen LogP contribution in [0, 0.1) is 12.3 Å². The van der Waals surface area contributed by atoms with Gasteiger partial charge in [-0.1, -0.05) is 5.92 Å². The summed E-state index contributed by atoms with van der Waals surface area (Å²) in [5, 5.41) is -0.417. The van der Waals surface area contributed by atoms with Crippen LogP contribution in [0.2, 0.25) is 0 Å². The Balaban J connectivity index is 2.68. The van der Waals surface area contributed by atoms with Crippen LogP contribution >= 0.6 is 7.82 Å². The predicted octanol–water partition coefficient (Wildman–Crippen LogP) is -0.837. The van der Waals surface area contributed by atoms with Gasteiger partial charge in [0.25, 0.3) is 13.7 Å². The van der Waals surface area contributed by atoms with E-state index in [2.05, 4.69) is 15.9 Å². The molecule has 1 aromatic heterocycles. The number of rotatable bonds is 11. The summed E-state index contributed by atoms with van der Waals surface area (Å²) in [4.78, 5) is 32.7. The smallest absolute Gasteiger partial charge is 0.268 e. The Morgan fingerprint density at radius 2 is 1.83 bits per heavy atom. The minimum Gasteiger partial charge on any atom is -0.756 e. The third-order valence-corrected chi connectivity index (χ3v) is 5.27. The summed E-state index contributed by atoms with van der Waals surface area (Å²) in [6.07, 6.45) is 8.31. The van der Waals surface area contributed by atoms with Crippen LogP contribution in [0.4, 0.5) is 0 Å². The van der Waals surface area contributed by atoms with Gasteiger partial charge in [0.2, 0.25) is 15.0 Å². The molecule has 1 aromatic rings. The molecule has 1 atom stereocenters. The highest BCUT2D eigenvalue weighted by atomic mass is 32.2. The van der Waals surface area contributed by atoms with Crippen molar-refractivity contribution in [3.05, 3.63) is 18.0 Å². The van der Waals surface area contributed by atoms with Crippen molar-refractivity contribution in [2.24, 2.45) is 0 Å². The molecule has 0 saturated heterocycles. The van der Waals surface area contributed by atoms with E-state index >= 15 is 0 Å². The topological polar surface area (TPSA) is 139 Å².